The number of nitrogens with zero attached hydrogens (tertiary/aromatic N) is 2. The van der Waals surface area contributed by atoms with Crippen molar-refractivity contribution in [3.63, 3.8) is 0 Å². The maximum atomic E-state index is 9.21. The van der Waals surface area contributed by atoms with E-state index in [1.807, 2.05) is 42.5 Å². The molecule has 0 fully saturated rings. The SMILES string of the molecule is N#Cc1cc(-c2ccccc2)c2ccc(CCN)cc2n1. The van der Waals surface area contributed by atoms with Crippen LogP contribution in [-0.2, 0) is 6.42 Å². The highest BCUT2D eigenvalue weighted by Gasteiger charge is 2.08. The van der Waals surface area contributed by atoms with Gasteiger partial charge in [0.1, 0.15) is 11.8 Å². The molecule has 1 aromatic heterocycles. The standard InChI is InChI=1S/C18H15N3/c19-9-8-13-6-7-16-17(14-4-2-1-3-5-14)11-15(12-20)21-18(16)10-13/h1-7,10-11H,8-9,19H2. The normalized spacial score (nSPS) is 10.5. The summed E-state index contributed by atoms with van der Waals surface area (Å²) in [5.41, 5.74) is 10.2. The summed E-state index contributed by atoms with van der Waals surface area (Å²) in [5, 5.41) is 10.3. The van der Waals surface area contributed by atoms with Gasteiger partial charge in [0, 0.05) is 5.39 Å². The van der Waals surface area contributed by atoms with Crippen molar-refractivity contribution in [3.05, 3.63) is 65.9 Å². The zero-order chi connectivity index (χ0) is 14.7. The van der Waals surface area contributed by atoms with Gasteiger partial charge in [0.2, 0.25) is 0 Å². The minimum absolute atomic E-state index is 0.436. The molecule has 0 spiro atoms. The average Bonchev–Trinajstić information content (AvgIpc) is 2.54. The lowest BCUT2D eigenvalue weighted by molar-refractivity contribution is 0.970. The largest absolute Gasteiger partial charge is 0.330 e. The molecule has 3 aromatic rings. The third-order valence-electron chi connectivity index (χ3n) is 3.51. The molecule has 0 aliphatic carbocycles. The lowest BCUT2D eigenvalue weighted by Gasteiger charge is -2.09. The van der Waals surface area contributed by atoms with Crippen LogP contribution in [0.1, 0.15) is 11.3 Å². The topological polar surface area (TPSA) is 62.7 Å². The van der Waals surface area contributed by atoms with Crippen LogP contribution in [0.3, 0.4) is 0 Å². The molecule has 0 aliphatic rings. The Balaban J connectivity index is 2.26. The van der Waals surface area contributed by atoms with Crippen molar-refractivity contribution in [3.8, 4) is 17.2 Å². The molecule has 2 aromatic carbocycles. The van der Waals surface area contributed by atoms with E-state index in [2.05, 4.69) is 23.2 Å². The molecule has 0 saturated carbocycles. The summed E-state index contributed by atoms with van der Waals surface area (Å²) in [6.07, 6.45) is 0.815. The summed E-state index contributed by atoms with van der Waals surface area (Å²) < 4.78 is 0. The third-order valence-corrected chi connectivity index (χ3v) is 3.51. The predicted molar refractivity (Wildman–Crippen MR) is 84.7 cm³/mol. The lowest BCUT2D eigenvalue weighted by Crippen LogP contribution is -2.02. The first kappa shape index (κ1) is 13.3. The summed E-state index contributed by atoms with van der Waals surface area (Å²) in [5.74, 6) is 0. The molecule has 1 heterocycles. The minimum Gasteiger partial charge on any atom is -0.330 e. The molecule has 3 nitrogen and oxygen atoms in total. The van der Waals surface area contributed by atoms with E-state index in [0.29, 0.717) is 12.2 Å². The van der Waals surface area contributed by atoms with Gasteiger partial charge in [-0.25, -0.2) is 4.98 Å². The molecule has 3 heteroatoms. The smallest absolute Gasteiger partial charge is 0.141 e. The van der Waals surface area contributed by atoms with E-state index in [0.717, 1.165) is 34.0 Å². The van der Waals surface area contributed by atoms with Crippen LogP contribution < -0.4 is 5.73 Å². The highest BCUT2D eigenvalue weighted by atomic mass is 14.7. The van der Waals surface area contributed by atoms with Gasteiger partial charge in [-0.05, 0) is 41.8 Å². The van der Waals surface area contributed by atoms with E-state index < -0.39 is 0 Å². The van der Waals surface area contributed by atoms with Crippen molar-refractivity contribution in [1.82, 2.24) is 4.98 Å². The van der Waals surface area contributed by atoms with Gasteiger partial charge in [-0.1, -0.05) is 42.5 Å². The van der Waals surface area contributed by atoms with E-state index in [9.17, 15) is 5.26 Å². The molecule has 0 unspecified atom stereocenters. The number of nitrogens with two attached hydrogens (primary N) is 1. The molecule has 3 rings (SSSR count). The molecule has 0 saturated heterocycles. The number of pyridine rings is 1. The Bertz CT molecular complexity index is 817. The Kier molecular flexibility index (Phi) is 3.63. The number of rotatable bonds is 3. The molecule has 0 bridgehead atoms. The Labute approximate surface area is 123 Å². The fraction of sp³-hybridized carbons (Fsp3) is 0.111. The molecule has 0 atom stereocenters. The number of hydrogen-bond donors (Lipinski definition) is 1. The maximum absolute atomic E-state index is 9.21. The van der Waals surface area contributed by atoms with Crippen molar-refractivity contribution in [2.24, 2.45) is 5.73 Å². The molecule has 0 amide bonds. The van der Waals surface area contributed by atoms with Crippen LogP contribution in [0.2, 0.25) is 0 Å². The van der Waals surface area contributed by atoms with Gasteiger partial charge in [-0.3, -0.25) is 0 Å². The van der Waals surface area contributed by atoms with Gasteiger partial charge in [-0.2, -0.15) is 5.26 Å². The summed E-state index contributed by atoms with van der Waals surface area (Å²) in [7, 11) is 0. The van der Waals surface area contributed by atoms with Crippen molar-refractivity contribution in [2.45, 2.75) is 6.42 Å². The van der Waals surface area contributed by atoms with Gasteiger partial charge in [0.25, 0.3) is 0 Å². The van der Waals surface area contributed by atoms with E-state index in [1.54, 1.807) is 0 Å². The second kappa shape index (κ2) is 5.74. The highest BCUT2D eigenvalue weighted by molar-refractivity contribution is 5.95. The van der Waals surface area contributed by atoms with Crippen LogP contribution >= 0.6 is 0 Å². The van der Waals surface area contributed by atoms with E-state index in [-0.39, 0.29) is 0 Å². The summed E-state index contributed by atoms with van der Waals surface area (Å²) in [6, 6.07) is 20.2. The lowest BCUT2D eigenvalue weighted by atomic mass is 9.98. The fourth-order valence-corrected chi connectivity index (χ4v) is 2.51. The average molecular weight is 273 g/mol. The molecule has 2 N–H and O–H groups in total. The summed E-state index contributed by atoms with van der Waals surface area (Å²) in [6.45, 7) is 0.606. The molecular weight excluding hydrogens is 258 g/mol. The maximum Gasteiger partial charge on any atom is 0.141 e. The van der Waals surface area contributed by atoms with Crippen LogP contribution in [0.4, 0.5) is 0 Å². The van der Waals surface area contributed by atoms with Crippen LogP contribution in [0, 0.1) is 11.3 Å². The summed E-state index contributed by atoms with van der Waals surface area (Å²) >= 11 is 0. The van der Waals surface area contributed by atoms with Gasteiger partial charge < -0.3 is 5.73 Å². The number of aromatic nitrogens is 1. The molecule has 0 aliphatic heterocycles. The van der Waals surface area contributed by atoms with Crippen LogP contribution in [0.15, 0.2) is 54.6 Å². The molecule has 0 radical (unpaired) electrons. The first-order chi connectivity index (χ1) is 10.3. The van der Waals surface area contributed by atoms with E-state index >= 15 is 0 Å². The first-order valence-corrected chi connectivity index (χ1v) is 6.91. The second-order valence-electron chi connectivity index (χ2n) is 4.92. The van der Waals surface area contributed by atoms with Crippen molar-refractivity contribution in [1.29, 1.82) is 5.26 Å². The van der Waals surface area contributed by atoms with E-state index in [1.165, 1.54) is 0 Å². The second-order valence-corrected chi connectivity index (χ2v) is 4.92. The van der Waals surface area contributed by atoms with Gasteiger partial charge in [0.05, 0.1) is 5.52 Å². The van der Waals surface area contributed by atoms with Gasteiger partial charge >= 0.3 is 0 Å². The first-order valence-electron chi connectivity index (χ1n) is 6.91. The molecule has 102 valence electrons. The number of fused-ring (bicyclic) bond motifs is 1. The number of nitriles is 1. The Morgan fingerprint density at radius 3 is 2.57 bits per heavy atom. The molecular formula is C18H15N3. The quantitative estimate of drug-likeness (QED) is 0.796. The monoisotopic (exact) mass is 273 g/mol. The Morgan fingerprint density at radius 2 is 1.86 bits per heavy atom. The van der Waals surface area contributed by atoms with Gasteiger partial charge in [0.15, 0.2) is 0 Å². The zero-order valence-electron chi connectivity index (χ0n) is 11.6. The van der Waals surface area contributed by atoms with Crippen LogP contribution in [-0.4, -0.2) is 11.5 Å². The third kappa shape index (κ3) is 2.62. The fourth-order valence-electron chi connectivity index (χ4n) is 2.51. The van der Waals surface area contributed by atoms with Gasteiger partial charge in [-0.15, -0.1) is 0 Å². The number of benzene rings is 2. The highest BCUT2D eigenvalue weighted by Crippen LogP contribution is 2.29. The van der Waals surface area contributed by atoms with Crippen molar-refractivity contribution < 1.29 is 0 Å². The Morgan fingerprint density at radius 1 is 1.05 bits per heavy atom. The van der Waals surface area contributed by atoms with Crippen molar-refractivity contribution in [2.75, 3.05) is 6.54 Å². The summed E-state index contributed by atoms with van der Waals surface area (Å²) in [4.78, 5) is 4.42. The predicted octanol–water partition coefficient (Wildman–Crippen LogP) is 3.27. The number of hydrogen-bond acceptors (Lipinski definition) is 3. The van der Waals surface area contributed by atoms with Crippen LogP contribution in [0.25, 0.3) is 22.0 Å². The molecule has 21 heavy (non-hydrogen) atoms. The van der Waals surface area contributed by atoms with Crippen LogP contribution in [0.5, 0.6) is 0 Å². The Hall–Kier alpha value is -2.70. The van der Waals surface area contributed by atoms with Crippen molar-refractivity contribution >= 4 is 10.9 Å². The minimum atomic E-state index is 0.436. The zero-order valence-corrected chi connectivity index (χ0v) is 11.6. The van der Waals surface area contributed by atoms with E-state index in [4.69, 9.17) is 5.73 Å².